The van der Waals surface area contributed by atoms with Crippen molar-refractivity contribution in [2.45, 2.75) is 11.4 Å². The molecular formula is C6H5BrClNO2. The second-order valence-electron chi connectivity index (χ2n) is 2.16. The first-order valence-corrected chi connectivity index (χ1v) is 4.10. The molecule has 1 rings (SSSR count). The monoisotopic (exact) mass is 237 g/mol. The Bertz CT molecular complexity index is 251. The summed E-state index contributed by atoms with van der Waals surface area (Å²) >= 11 is 8.74. The predicted octanol–water partition coefficient (Wildman–Crippen LogP) is 2.44. The maximum Gasteiger partial charge on any atom is 0.330 e. The summed E-state index contributed by atoms with van der Waals surface area (Å²) in [5.74, 6) is 0. The Balaban J connectivity index is 2.97. The molecule has 0 heterocycles. The van der Waals surface area contributed by atoms with Gasteiger partial charge in [-0.25, -0.2) is 0 Å². The van der Waals surface area contributed by atoms with Crippen molar-refractivity contribution in [1.82, 2.24) is 0 Å². The minimum atomic E-state index is -1.48. The van der Waals surface area contributed by atoms with Crippen molar-refractivity contribution in [2.24, 2.45) is 0 Å². The number of hydrogen-bond donors (Lipinski definition) is 0. The maximum atomic E-state index is 10.5. The second-order valence-corrected chi connectivity index (χ2v) is 3.64. The molecule has 3 nitrogen and oxygen atoms in total. The molecule has 0 aromatic heterocycles. The zero-order valence-corrected chi connectivity index (χ0v) is 7.80. The van der Waals surface area contributed by atoms with Gasteiger partial charge in [0.05, 0.1) is 10.9 Å². The van der Waals surface area contributed by atoms with Crippen LogP contribution in [0.2, 0.25) is 0 Å². The summed E-state index contributed by atoms with van der Waals surface area (Å²) in [6.07, 6.45) is 5.20. The summed E-state index contributed by atoms with van der Waals surface area (Å²) in [6.45, 7) is 0. The van der Waals surface area contributed by atoms with E-state index in [-0.39, 0.29) is 6.42 Å². The summed E-state index contributed by atoms with van der Waals surface area (Å²) in [4.78, 5) is 8.48. The molecule has 0 N–H and O–H groups in total. The van der Waals surface area contributed by atoms with Gasteiger partial charge in [-0.15, -0.1) is 0 Å². The van der Waals surface area contributed by atoms with Crippen LogP contribution in [-0.2, 0) is 0 Å². The van der Waals surface area contributed by atoms with E-state index < -0.39 is 9.92 Å². The Labute approximate surface area is 77.0 Å². The number of allylic oxidation sites excluding steroid dienone is 2. The van der Waals surface area contributed by atoms with Gasteiger partial charge in [0.15, 0.2) is 0 Å². The van der Waals surface area contributed by atoms with Gasteiger partial charge in [0.1, 0.15) is 0 Å². The van der Waals surface area contributed by atoms with E-state index in [1.807, 2.05) is 0 Å². The van der Waals surface area contributed by atoms with E-state index in [0.717, 1.165) is 0 Å². The van der Waals surface area contributed by atoms with Crippen molar-refractivity contribution in [3.63, 3.8) is 0 Å². The number of rotatable bonds is 1. The quantitative estimate of drug-likeness (QED) is 0.305. The van der Waals surface area contributed by atoms with Crippen molar-refractivity contribution in [3.05, 3.63) is 32.8 Å². The van der Waals surface area contributed by atoms with E-state index in [2.05, 4.69) is 15.9 Å². The first kappa shape index (κ1) is 8.74. The minimum Gasteiger partial charge on any atom is -0.262 e. The topological polar surface area (TPSA) is 43.1 Å². The Morgan fingerprint density at radius 1 is 1.82 bits per heavy atom. The van der Waals surface area contributed by atoms with E-state index in [9.17, 15) is 10.1 Å². The zero-order valence-electron chi connectivity index (χ0n) is 5.46. The molecule has 60 valence electrons. The third kappa shape index (κ3) is 1.46. The molecule has 0 aromatic carbocycles. The van der Waals surface area contributed by atoms with E-state index in [4.69, 9.17) is 11.6 Å². The van der Waals surface area contributed by atoms with Crippen LogP contribution in [0.1, 0.15) is 6.42 Å². The van der Waals surface area contributed by atoms with Crippen molar-refractivity contribution in [1.29, 1.82) is 0 Å². The molecule has 0 radical (unpaired) electrons. The fourth-order valence-electron chi connectivity index (χ4n) is 0.764. The SMILES string of the molecule is O=[N+]([O-])C1(Cl)CC=CC=C1Br. The highest BCUT2D eigenvalue weighted by Crippen LogP contribution is 2.36. The highest BCUT2D eigenvalue weighted by atomic mass is 79.9. The van der Waals surface area contributed by atoms with Gasteiger partial charge < -0.3 is 0 Å². The van der Waals surface area contributed by atoms with Crippen LogP contribution >= 0.6 is 27.5 Å². The molecule has 0 amide bonds. The smallest absolute Gasteiger partial charge is 0.262 e. The first-order chi connectivity index (χ1) is 5.07. The van der Waals surface area contributed by atoms with E-state index >= 15 is 0 Å². The highest BCUT2D eigenvalue weighted by molar-refractivity contribution is 9.11. The lowest BCUT2D eigenvalue weighted by molar-refractivity contribution is -0.528. The number of alkyl halides is 1. The Morgan fingerprint density at radius 2 is 2.45 bits per heavy atom. The summed E-state index contributed by atoms with van der Waals surface area (Å²) in [5, 5.41) is 10.5. The first-order valence-electron chi connectivity index (χ1n) is 2.93. The van der Waals surface area contributed by atoms with Gasteiger partial charge >= 0.3 is 5.00 Å². The van der Waals surface area contributed by atoms with Crippen LogP contribution in [0.15, 0.2) is 22.7 Å². The Kier molecular flexibility index (Phi) is 2.34. The van der Waals surface area contributed by atoms with E-state index in [0.29, 0.717) is 4.48 Å². The highest BCUT2D eigenvalue weighted by Gasteiger charge is 2.43. The van der Waals surface area contributed by atoms with E-state index in [1.165, 1.54) is 0 Å². The molecule has 0 fully saturated rings. The lowest BCUT2D eigenvalue weighted by Crippen LogP contribution is -2.32. The summed E-state index contributed by atoms with van der Waals surface area (Å²) in [5.41, 5.74) is 0. The fourth-order valence-corrected chi connectivity index (χ4v) is 1.38. The summed E-state index contributed by atoms with van der Waals surface area (Å²) in [6, 6.07) is 0. The fraction of sp³-hybridized carbons (Fsp3) is 0.333. The van der Waals surface area contributed by atoms with Crippen LogP contribution in [0, 0.1) is 10.1 Å². The standard InChI is InChI=1S/C6H5BrClNO2/c7-5-3-1-2-4-6(5,8)9(10)11/h1-3H,4H2. The van der Waals surface area contributed by atoms with Crippen LogP contribution in [0.4, 0.5) is 0 Å². The van der Waals surface area contributed by atoms with Gasteiger partial charge in [-0.05, 0) is 33.6 Å². The third-order valence-corrected chi connectivity index (χ3v) is 3.07. The molecule has 0 aromatic rings. The van der Waals surface area contributed by atoms with Crippen LogP contribution < -0.4 is 0 Å². The number of nitrogens with zero attached hydrogens (tertiary/aromatic N) is 1. The Morgan fingerprint density at radius 3 is 2.82 bits per heavy atom. The van der Waals surface area contributed by atoms with Gasteiger partial charge in [0.2, 0.25) is 0 Å². The van der Waals surface area contributed by atoms with Crippen LogP contribution in [0.25, 0.3) is 0 Å². The molecule has 0 spiro atoms. The van der Waals surface area contributed by atoms with Crippen molar-refractivity contribution in [3.8, 4) is 0 Å². The van der Waals surface area contributed by atoms with Crippen molar-refractivity contribution in [2.75, 3.05) is 0 Å². The lowest BCUT2D eigenvalue weighted by Gasteiger charge is -2.17. The van der Waals surface area contributed by atoms with Gasteiger partial charge in [-0.1, -0.05) is 12.2 Å². The molecule has 1 atom stereocenters. The predicted molar refractivity (Wildman–Crippen MR) is 46.3 cm³/mol. The molecule has 0 aliphatic heterocycles. The number of nitro groups is 1. The average molecular weight is 238 g/mol. The summed E-state index contributed by atoms with van der Waals surface area (Å²) < 4.78 is 0.402. The molecule has 0 saturated heterocycles. The molecule has 1 unspecified atom stereocenters. The van der Waals surface area contributed by atoms with Gasteiger partial charge in [-0.2, -0.15) is 0 Å². The average Bonchev–Trinajstić information content (AvgIpc) is 1.95. The largest absolute Gasteiger partial charge is 0.330 e. The van der Waals surface area contributed by atoms with Gasteiger partial charge in [0.25, 0.3) is 0 Å². The zero-order chi connectivity index (χ0) is 8.48. The molecule has 1 aliphatic rings. The molecule has 1 aliphatic carbocycles. The number of halogens is 2. The Hall–Kier alpha value is -0.350. The molecule has 0 bridgehead atoms. The normalized spacial score (nSPS) is 29.8. The van der Waals surface area contributed by atoms with E-state index in [1.54, 1.807) is 18.2 Å². The summed E-state index contributed by atoms with van der Waals surface area (Å²) in [7, 11) is 0. The van der Waals surface area contributed by atoms with Crippen LogP contribution in [0.5, 0.6) is 0 Å². The number of hydrogen-bond acceptors (Lipinski definition) is 2. The third-order valence-electron chi connectivity index (χ3n) is 1.42. The van der Waals surface area contributed by atoms with Crippen molar-refractivity contribution < 1.29 is 4.92 Å². The second kappa shape index (κ2) is 2.95. The van der Waals surface area contributed by atoms with Gasteiger partial charge in [0, 0.05) is 4.92 Å². The molecular weight excluding hydrogens is 233 g/mol. The molecule has 11 heavy (non-hydrogen) atoms. The molecule has 5 heteroatoms. The van der Waals surface area contributed by atoms with Crippen molar-refractivity contribution >= 4 is 27.5 Å². The minimum absolute atomic E-state index is 0.221. The van der Waals surface area contributed by atoms with Gasteiger partial charge in [-0.3, -0.25) is 10.1 Å². The maximum absolute atomic E-state index is 10.5. The van der Waals surface area contributed by atoms with Crippen LogP contribution in [0.3, 0.4) is 0 Å². The van der Waals surface area contributed by atoms with Crippen LogP contribution in [-0.4, -0.2) is 9.92 Å². The lowest BCUT2D eigenvalue weighted by atomic mass is 10.1. The molecule has 0 saturated carbocycles.